The number of aromatic nitrogens is 2. The summed E-state index contributed by atoms with van der Waals surface area (Å²) in [6.45, 7) is 2.04. The van der Waals surface area contributed by atoms with Crippen molar-refractivity contribution >= 4 is 21.8 Å². The molecule has 26 heavy (non-hydrogen) atoms. The molecule has 0 atom stereocenters. The van der Waals surface area contributed by atoms with E-state index in [0.29, 0.717) is 13.2 Å². The predicted molar refractivity (Wildman–Crippen MR) is 107 cm³/mol. The molecule has 0 radical (unpaired) electrons. The maximum atomic E-state index is 6.13. The number of hydrogen-bond donors (Lipinski definition) is 1. The highest BCUT2D eigenvalue weighted by Gasteiger charge is 2.10. The van der Waals surface area contributed by atoms with E-state index < -0.39 is 0 Å². The molecule has 4 rings (SSSR count). The van der Waals surface area contributed by atoms with E-state index in [4.69, 9.17) is 15.5 Å². The standard InChI is InChI=1S/C22H23N3O/c23-14-6-13-22-24-19-10-3-4-11-20(19)25(22)15-16-26-21-12-5-8-17-7-1-2-9-18(17)21/h1-5,7-12H,6,13-16,23H2. The molecule has 0 aliphatic carbocycles. The van der Waals surface area contributed by atoms with Crippen molar-refractivity contribution in [1.82, 2.24) is 9.55 Å². The monoisotopic (exact) mass is 345 g/mol. The third-order valence-electron chi connectivity index (χ3n) is 4.66. The highest BCUT2D eigenvalue weighted by atomic mass is 16.5. The fraction of sp³-hybridized carbons (Fsp3) is 0.227. The van der Waals surface area contributed by atoms with Crippen LogP contribution in [0.1, 0.15) is 12.2 Å². The lowest BCUT2D eigenvalue weighted by molar-refractivity contribution is 0.301. The summed E-state index contributed by atoms with van der Waals surface area (Å²) >= 11 is 0. The Bertz CT molecular complexity index is 1020. The van der Waals surface area contributed by atoms with Crippen LogP contribution in [0.25, 0.3) is 21.8 Å². The summed E-state index contributed by atoms with van der Waals surface area (Å²) in [7, 11) is 0. The SMILES string of the molecule is NCCCc1nc2ccccc2n1CCOc1cccc2ccccc12. The molecular weight excluding hydrogens is 322 g/mol. The number of nitrogens with two attached hydrogens (primary N) is 1. The molecular formula is C22H23N3O. The predicted octanol–water partition coefficient (Wildman–Crippen LogP) is 4.16. The van der Waals surface area contributed by atoms with Gasteiger partial charge < -0.3 is 15.0 Å². The van der Waals surface area contributed by atoms with E-state index in [-0.39, 0.29) is 0 Å². The Morgan fingerprint density at radius 2 is 1.73 bits per heavy atom. The fourth-order valence-electron chi connectivity index (χ4n) is 3.39. The van der Waals surface area contributed by atoms with Gasteiger partial charge in [0.25, 0.3) is 0 Å². The highest BCUT2D eigenvalue weighted by molar-refractivity contribution is 5.88. The number of imidazole rings is 1. The first-order chi connectivity index (χ1) is 12.9. The van der Waals surface area contributed by atoms with Gasteiger partial charge in [-0.1, -0.05) is 48.5 Å². The number of hydrogen-bond acceptors (Lipinski definition) is 3. The molecule has 0 spiro atoms. The molecule has 0 bridgehead atoms. The Morgan fingerprint density at radius 1 is 0.923 bits per heavy atom. The summed E-state index contributed by atoms with van der Waals surface area (Å²) in [6, 6.07) is 22.7. The average Bonchev–Trinajstić information content (AvgIpc) is 3.04. The first-order valence-electron chi connectivity index (χ1n) is 9.11. The van der Waals surface area contributed by atoms with Gasteiger partial charge in [0.05, 0.1) is 17.6 Å². The Labute approximate surface area is 153 Å². The second-order valence-corrected chi connectivity index (χ2v) is 6.39. The molecule has 0 saturated heterocycles. The second kappa shape index (κ2) is 7.58. The van der Waals surface area contributed by atoms with Crippen molar-refractivity contribution in [2.45, 2.75) is 19.4 Å². The minimum atomic E-state index is 0.601. The topological polar surface area (TPSA) is 53.1 Å². The van der Waals surface area contributed by atoms with E-state index in [9.17, 15) is 0 Å². The minimum absolute atomic E-state index is 0.601. The molecule has 0 unspecified atom stereocenters. The molecule has 0 fully saturated rings. The molecule has 0 saturated carbocycles. The second-order valence-electron chi connectivity index (χ2n) is 6.39. The molecule has 0 aliphatic heterocycles. The summed E-state index contributed by atoms with van der Waals surface area (Å²) < 4.78 is 8.39. The van der Waals surface area contributed by atoms with E-state index in [0.717, 1.165) is 47.4 Å². The van der Waals surface area contributed by atoms with Gasteiger partial charge in [0, 0.05) is 11.8 Å². The van der Waals surface area contributed by atoms with Crippen molar-refractivity contribution in [2.24, 2.45) is 5.73 Å². The van der Waals surface area contributed by atoms with Crippen LogP contribution in [0.2, 0.25) is 0 Å². The van der Waals surface area contributed by atoms with Gasteiger partial charge in [-0.2, -0.15) is 0 Å². The summed E-state index contributed by atoms with van der Waals surface area (Å²) in [4.78, 5) is 4.78. The van der Waals surface area contributed by atoms with Crippen LogP contribution >= 0.6 is 0 Å². The number of fused-ring (bicyclic) bond motifs is 2. The number of aryl methyl sites for hydroxylation is 1. The van der Waals surface area contributed by atoms with Crippen LogP contribution < -0.4 is 10.5 Å². The van der Waals surface area contributed by atoms with Crippen molar-refractivity contribution in [3.8, 4) is 5.75 Å². The van der Waals surface area contributed by atoms with Gasteiger partial charge >= 0.3 is 0 Å². The van der Waals surface area contributed by atoms with Gasteiger partial charge in [0.15, 0.2) is 0 Å². The molecule has 4 aromatic rings. The van der Waals surface area contributed by atoms with E-state index in [1.165, 1.54) is 5.39 Å². The third-order valence-corrected chi connectivity index (χ3v) is 4.66. The average molecular weight is 345 g/mol. The summed E-state index contributed by atoms with van der Waals surface area (Å²) in [5, 5.41) is 2.34. The number of nitrogens with zero attached hydrogens (tertiary/aromatic N) is 2. The zero-order valence-electron chi connectivity index (χ0n) is 14.8. The van der Waals surface area contributed by atoms with Gasteiger partial charge in [-0.25, -0.2) is 4.98 Å². The van der Waals surface area contributed by atoms with E-state index in [2.05, 4.69) is 41.0 Å². The molecule has 3 aromatic carbocycles. The van der Waals surface area contributed by atoms with Crippen molar-refractivity contribution in [3.63, 3.8) is 0 Å². The lowest BCUT2D eigenvalue weighted by Crippen LogP contribution is -2.12. The first kappa shape index (κ1) is 16.6. The Hall–Kier alpha value is -2.85. The maximum Gasteiger partial charge on any atom is 0.127 e. The third kappa shape index (κ3) is 3.28. The molecule has 2 N–H and O–H groups in total. The molecule has 1 aromatic heterocycles. The normalized spacial score (nSPS) is 11.3. The van der Waals surface area contributed by atoms with Crippen molar-refractivity contribution in [2.75, 3.05) is 13.2 Å². The Morgan fingerprint density at radius 3 is 2.65 bits per heavy atom. The lowest BCUT2D eigenvalue weighted by Gasteiger charge is -2.12. The minimum Gasteiger partial charge on any atom is -0.491 e. The largest absolute Gasteiger partial charge is 0.491 e. The van der Waals surface area contributed by atoms with Crippen LogP contribution in [0.4, 0.5) is 0 Å². The fourth-order valence-corrected chi connectivity index (χ4v) is 3.39. The number of benzene rings is 3. The molecule has 1 heterocycles. The van der Waals surface area contributed by atoms with Gasteiger partial charge in [0.2, 0.25) is 0 Å². The molecule has 4 heteroatoms. The quantitative estimate of drug-likeness (QED) is 0.547. The van der Waals surface area contributed by atoms with E-state index in [1.807, 2.05) is 30.3 Å². The molecule has 132 valence electrons. The Balaban J connectivity index is 1.55. The van der Waals surface area contributed by atoms with Gasteiger partial charge in [0.1, 0.15) is 18.2 Å². The summed E-state index contributed by atoms with van der Waals surface area (Å²) in [5.41, 5.74) is 7.87. The first-order valence-corrected chi connectivity index (χ1v) is 9.11. The Kier molecular flexibility index (Phi) is 4.84. The van der Waals surface area contributed by atoms with Crippen LogP contribution in [0.15, 0.2) is 66.7 Å². The number of rotatable bonds is 7. The van der Waals surface area contributed by atoms with Crippen LogP contribution in [0, 0.1) is 0 Å². The zero-order chi connectivity index (χ0) is 17.8. The number of ether oxygens (including phenoxy) is 1. The van der Waals surface area contributed by atoms with Gasteiger partial charge in [-0.05, 0) is 36.6 Å². The van der Waals surface area contributed by atoms with Crippen molar-refractivity contribution in [3.05, 3.63) is 72.6 Å². The zero-order valence-corrected chi connectivity index (χ0v) is 14.8. The van der Waals surface area contributed by atoms with Crippen LogP contribution in [0.5, 0.6) is 5.75 Å². The smallest absolute Gasteiger partial charge is 0.127 e. The lowest BCUT2D eigenvalue weighted by atomic mass is 10.1. The van der Waals surface area contributed by atoms with Gasteiger partial charge in [-0.15, -0.1) is 0 Å². The van der Waals surface area contributed by atoms with Crippen LogP contribution in [-0.4, -0.2) is 22.7 Å². The van der Waals surface area contributed by atoms with Crippen LogP contribution in [0.3, 0.4) is 0 Å². The van der Waals surface area contributed by atoms with Crippen molar-refractivity contribution in [1.29, 1.82) is 0 Å². The summed E-state index contributed by atoms with van der Waals surface area (Å²) in [6.07, 6.45) is 1.83. The molecule has 0 amide bonds. The molecule has 0 aliphatic rings. The van der Waals surface area contributed by atoms with E-state index in [1.54, 1.807) is 0 Å². The van der Waals surface area contributed by atoms with Crippen LogP contribution in [-0.2, 0) is 13.0 Å². The van der Waals surface area contributed by atoms with Gasteiger partial charge in [-0.3, -0.25) is 0 Å². The molecule has 4 nitrogen and oxygen atoms in total. The summed E-state index contributed by atoms with van der Waals surface area (Å²) in [5.74, 6) is 2.01. The number of para-hydroxylation sites is 2. The maximum absolute atomic E-state index is 6.13. The van der Waals surface area contributed by atoms with E-state index >= 15 is 0 Å². The highest BCUT2D eigenvalue weighted by Crippen LogP contribution is 2.25. The van der Waals surface area contributed by atoms with Crippen molar-refractivity contribution < 1.29 is 4.74 Å².